The Balaban J connectivity index is 1.57. The fourth-order valence-electron chi connectivity index (χ4n) is 4.32. The fourth-order valence-corrected chi connectivity index (χ4v) is 4.32. The summed E-state index contributed by atoms with van der Waals surface area (Å²) >= 11 is 0. The highest BCUT2D eigenvalue weighted by atomic mass is 19.4. The number of H-pyrrole nitrogens is 1. The lowest BCUT2D eigenvalue weighted by Crippen LogP contribution is -2.28. The number of nitrogens with zero attached hydrogens (tertiary/aromatic N) is 6. The molecule has 1 aliphatic rings. The van der Waals surface area contributed by atoms with Crippen LogP contribution >= 0.6 is 0 Å². The molecule has 0 unspecified atom stereocenters. The van der Waals surface area contributed by atoms with Crippen molar-refractivity contribution in [1.29, 1.82) is 5.26 Å². The van der Waals surface area contributed by atoms with Crippen LogP contribution in [0, 0.1) is 11.3 Å². The molecule has 172 valence electrons. The molecule has 3 atom stereocenters. The predicted octanol–water partition coefficient (Wildman–Crippen LogP) is 4.07. The van der Waals surface area contributed by atoms with Gasteiger partial charge in [0.1, 0.15) is 23.1 Å². The van der Waals surface area contributed by atoms with Crippen molar-refractivity contribution < 1.29 is 13.2 Å². The lowest BCUT2D eigenvalue weighted by Gasteiger charge is -2.34. The van der Waals surface area contributed by atoms with E-state index in [2.05, 4.69) is 25.0 Å². The number of fused-ring (bicyclic) bond motifs is 1. The first-order valence-corrected chi connectivity index (χ1v) is 10.6. The molecule has 34 heavy (non-hydrogen) atoms. The molecule has 0 radical (unpaired) electrons. The Morgan fingerprint density at radius 3 is 2.41 bits per heavy atom. The molecule has 5 rings (SSSR count). The Labute approximate surface area is 191 Å². The smallest absolute Gasteiger partial charge is 0.310 e. The summed E-state index contributed by atoms with van der Waals surface area (Å²) in [6.07, 6.45) is 0.514. The standard InChI is InChI=1S/C23H18F3N7O/c1-12(13-3-5-14(6-4-13)23(24,25)26)33-21-18(17(11-27)32-33)22(34)31-20(30-21)16-8-7-15(16)19-28-9-2-10-29-19/h2-6,9-10,12,15-16H,7-8H2,1H3,(H,30,31,34)/t12-,15-,16-/m0/s1. The van der Waals surface area contributed by atoms with Gasteiger partial charge in [0.15, 0.2) is 11.3 Å². The summed E-state index contributed by atoms with van der Waals surface area (Å²) in [6, 6.07) is 7.78. The molecule has 1 aromatic carbocycles. The highest BCUT2D eigenvalue weighted by Crippen LogP contribution is 2.46. The third-order valence-electron chi connectivity index (χ3n) is 6.32. The second-order valence-electron chi connectivity index (χ2n) is 8.25. The normalized spacial score (nSPS) is 18.9. The molecule has 11 heteroatoms. The lowest BCUT2D eigenvalue weighted by atomic mass is 9.72. The van der Waals surface area contributed by atoms with Gasteiger partial charge in [-0.1, -0.05) is 12.1 Å². The molecular weight excluding hydrogens is 447 g/mol. The number of alkyl halides is 3. The van der Waals surface area contributed by atoms with E-state index in [4.69, 9.17) is 0 Å². The molecule has 1 saturated carbocycles. The number of aromatic amines is 1. The van der Waals surface area contributed by atoms with Gasteiger partial charge in [-0.05, 0) is 43.5 Å². The zero-order valence-corrected chi connectivity index (χ0v) is 17.9. The summed E-state index contributed by atoms with van der Waals surface area (Å²) in [5.74, 6) is 1.02. The van der Waals surface area contributed by atoms with Crippen molar-refractivity contribution in [3.05, 3.63) is 81.5 Å². The first-order chi connectivity index (χ1) is 16.3. The Hall–Kier alpha value is -4.07. The summed E-state index contributed by atoms with van der Waals surface area (Å²) in [4.78, 5) is 29.0. The molecule has 1 fully saturated rings. The van der Waals surface area contributed by atoms with Crippen molar-refractivity contribution in [2.45, 2.75) is 43.8 Å². The van der Waals surface area contributed by atoms with Crippen LogP contribution in [-0.4, -0.2) is 29.7 Å². The Morgan fingerprint density at radius 2 is 1.82 bits per heavy atom. The van der Waals surface area contributed by atoms with Crippen molar-refractivity contribution >= 4 is 11.0 Å². The van der Waals surface area contributed by atoms with E-state index in [1.807, 2.05) is 6.07 Å². The van der Waals surface area contributed by atoms with Gasteiger partial charge in [0.05, 0.1) is 11.6 Å². The zero-order valence-electron chi connectivity index (χ0n) is 17.9. The molecule has 0 aliphatic heterocycles. The summed E-state index contributed by atoms with van der Waals surface area (Å²) in [5.41, 5.74) is -0.595. The number of hydrogen-bond donors (Lipinski definition) is 1. The monoisotopic (exact) mass is 465 g/mol. The minimum Gasteiger partial charge on any atom is -0.310 e. The summed E-state index contributed by atoms with van der Waals surface area (Å²) in [6.45, 7) is 1.72. The quantitative estimate of drug-likeness (QED) is 0.486. The van der Waals surface area contributed by atoms with Crippen LogP contribution in [0.5, 0.6) is 0 Å². The highest BCUT2D eigenvalue weighted by molar-refractivity contribution is 5.80. The van der Waals surface area contributed by atoms with Crippen molar-refractivity contribution in [3.8, 4) is 6.07 Å². The number of nitriles is 1. The van der Waals surface area contributed by atoms with Gasteiger partial charge in [0, 0.05) is 24.2 Å². The first-order valence-electron chi connectivity index (χ1n) is 10.6. The van der Waals surface area contributed by atoms with Gasteiger partial charge in [-0.25, -0.2) is 19.6 Å². The van der Waals surface area contributed by atoms with Gasteiger partial charge in [0.25, 0.3) is 5.56 Å². The Kier molecular flexibility index (Phi) is 5.16. The van der Waals surface area contributed by atoms with Crippen LogP contribution in [0.2, 0.25) is 0 Å². The molecule has 0 bridgehead atoms. The van der Waals surface area contributed by atoms with E-state index in [1.54, 1.807) is 25.4 Å². The zero-order chi connectivity index (χ0) is 24.0. The molecule has 0 saturated heterocycles. The average molecular weight is 465 g/mol. The first kappa shape index (κ1) is 21.8. The molecule has 4 aromatic rings. The van der Waals surface area contributed by atoms with Crippen LogP contribution in [-0.2, 0) is 6.18 Å². The lowest BCUT2D eigenvalue weighted by molar-refractivity contribution is -0.137. The number of nitrogens with one attached hydrogen (secondary N) is 1. The number of halogens is 3. The Morgan fingerprint density at radius 1 is 1.15 bits per heavy atom. The second kappa shape index (κ2) is 8.06. The minimum atomic E-state index is -4.44. The maximum absolute atomic E-state index is 12.9. The van der Waals surface area contributed by atoms with Crippen molar-refractivity contribution in [1.82, 2.24) is 29.7 Å². The van der Waals surface area contributed by atoms with Crippen LogP contribution in [0.15, 0.2) is 47.5 Å². The number of rotatable bonds is 4. The maximum atomic E-state index is 12.9. The van der Waals surface area contributed by atoms with Gasteiger partial charge < -0.3 is 4.98 Å². The van der Waals surface area contributed by atoms with Crippen LogP contribution in [0.1, 0.15) is 66.1 Å². The van der Waals surface area contributed by atoms with E-state index >= 15 is 0 Å². The van der Waals surface area contributed by atoms with E-state index in [9.17, 15) is 23.2 Å². The SMILES string of the molecule is C[C@@H](c1ccc(C(F)(F)F)cc1)n1nc(C#N)c2c(=O)[nH]c([C@H]3CC[C@@H]3c3ncccn3)nc21. The van der Waals surface area contributed by atoms with Crippen molar-refractivity contribution in [2.24, 2.45) is 0 Å². The van der Waals surface area contributed by atoms with Crippen LogP contribution in [0.25, 0.3) is 11.0 Å². The minimum absolute atomic E-state index is 0.000875. The van der Waals surface area contributed by atoms with Gasteiger partial charge in [0.2, 0.25) is 0 Å². The summed E-state index contributed by atoms with van der Waals surface area (Å²) < 4.78 is 40.3. The van der Waals surface area contributed by atoms with E-state index in [-0.39, 0.29) is 28.6 Å². The Bertz CT molecular complexity index is 1450. The largest absolute Gasteiger partial charge is 0.416 e. The van der Waals surface area contributed by atoms with Gasteiger partial charge >= 0.3 is 6.18 Å². The van der Waals surface area contributed by atoms with E-state index in [0.717, 1.165) is 25.0 Å². The van der Waals surface area contributed by atoms with Gasteiger partial charge in [-0.3, -0.25) is 4.79 Å². The maximum Gasteiger partial charge on any atom is 0.416 e. The number of hydrogen-bond acceptors (Lipinski definition) is 6. The topological polar surface area (TPSA) is 113 Å². The molecule has 8 nitrogen and oxygen atoms in total. The predicted molar refractivity (Wildman–Crippen MR) is 115 cm³/mol. The van der Waals surface area contributed by atoms with E-state index in [1.165, 1.54) is 16.8 Å². The van der Waals surface area contributed by atoms with Crippen molar-refractivity contribution in [2.75, 3.05) is 0 Å². The van der Waals surface area contributed by atoms with Gasteiger partial charge in [-0.2, -0.15) is 23.5 Å². The van der Waals surface area contributed by atoms with Crippen LogP contribution in [0.3, 0.4) is 0 Å². The molecule has 3 heterocycles. The van der Waals surface area contributed by atoms with Crippen molar-refractivity contribution in [3.63, 3.8) is 0 Å². The summed E-state index contributed by atoms with van der Waals surface area (Å²) in [7, 11) is 0. The second-order valence-corrected chi connectivity index (χ2v) is 8.25. The van der Waals surface area contributed by atoms with Crippen LogP contribution < -0.4 is 5.56 Å². The highest BCUT2D eigenvalue weighted by Gasteiger charge is 2.38. The molecule has 3 aromatic heterocycles. The van der Waals surface area contributed by atoms with E-state index in [0.29, 0.717) is 17.2 Å². The molecule has 1 aliphatic carbocycles. The third kappa shape index (κ3) is 3.61. The molecule has 0 spiro atoms. The molecule has 0 amide bonds. The van der Waals surface area contributed by atoms with Gasteiger partial charge in [-0.15, -0.1) is 0 Å². The number of aromatic nitrogens is 6. The number of benzene rings is 1. The van der Waals surface area contributed by atoms with Crippen LogP contribution in [0.4, 0.5) is 13.2 Å². The average Bonchev–Trinajstić information content (AvgIpc) is 3.17. The molecule has 1 N–H and O–H groups in total. The summed E-state index contributed by atoms with van der Waals surface area (Å²) in [5, 5.41) is 13.8. The fraction of sp³-hybridized carbons (Fsp3) is 0.304. The molecular formula is C23H18F3N7O. The third-order valence-corrected chi connectivity index (χ3v) is 6.32. The van der Waals surface area contributed by atoms with E-state index < -0.39 is 23.3 Å².